The average Bonchev–Trinajstić information content (AvgIpc) is 2.65. The van der Waals surface area contributed by atoms with Crippen LogP contribution >= 0.6 is 45.6 Å². The second kappa shape index (κ2) is 8.94. The van der Waals surface area contributed by atoms with Crippen LogP contribution in [0.15, 0.2) is 63.5 Å². The molecule has 2 aromatic carbocycles. The van der Waals surface area contributed by atoms with Crippen molar-refractivity contribution in [3.05, 3.63) is 48.5 Å². The van der Waals surface area contributed by atoms with Crippen LogP contribution in [-0.4, -0.2) is 16.2 Å². The largest absolute Gasteiger partial charge is 0.333 e. The molecule has 0 spiro atoms. The van der Waals surface area contributed by atoms with Crippen molar-refractivity contribution in [2.75, 3.05) is 16.2 Å². The van der Waals surface area contributed by atoms with Crippen molar-refractivity contribution < 1.29 is 0 Å². The Hall–Kier alpha value is -1.95. The van der Waals surface area contributed by atoms with Gasteiger partial charge in [0.25, 0.3) is 0 Å². The summed E-state index contributed by atoms with van der Waals surface area (Å²) in [5.74, 6) is 0.753. The topological polar surface area (TPSA) is 63.8 Å². The quantitative estimate of drug-likeness (QED) is 0.237. The first-order valence-electron chi connectivity index (χ1n) is 7.05. The highest BCUT2D eigenvalue weighted by molar-refractivity contribution is 8.82. The van der Waals surface area contributed by atoms with Gasteiger partial charge in [0.05, 0.1) is 22.4 Å². The summed E-state index contributed by atoms with van der Waals surface area (Å²) in [5.41, 5.74) is 2.68. The molecule has 1 aliphatic rings. The molecular weight excluding hydrogens is 390 g/mol. The molecule has 0 bridgehead atoms. The van der Waals surface area contributed by atoms with E-state index in [2.05, 4.69) is 38.2 Å². The van der Waals surface area contributed by atoms with Gasteiger partial charge in [-0.15, -0.1) is 5.10 Å². The Labute approximate surface area is 163 Å². The van der Waals surface area contributed by atoms with E-state index >= 15 is 0 Å². The minimum atomic E-state index is 0.753. The van der Waals surface area contributed by atoms with Gasteiger partial charge in [0.1, 0.15) is 5.40 Å². The lowest BCUT2D eigenvalue weighted by atomic mass is 10.3. The van der Waals surface area contributed by atoms with Gasteiger partial charge >= 0.3 is 0 Å². The Morgan fingerprint density at radius 1 is 1.20 bits per heavy atom. The lowest BCUT2D eigenvalue weighted by Crippen LogP contribution is -2.23. The van der Waals surface area contributed by atoms with Crippen molar-refractivity contribution in [1.29, 1.82) is 5.26 Å². The standard InChI is InChI=1S/C16H11N5S4/c17-9-23-15-7-5-14(6-8-15)21-11-24-25-16(20-21)19-13-3-1-12(2-4-13)18-10-22/h1-8H,11H2,(H,19,20). The fourth-order valence-corrected chi connectivity index (χ4v) is 4.26. The number of thioether (sulfide) groups is 1. The van der Waals surface area contributed by atoms with Crippen LogP contribution in [-0.2, 0) is 0 Å². The monoisotopic (exact) mass is 401 g/mol. The molecule has 0 aliphatic carbocycles. The summed E-state index contributed by atoms with van der Waals surface area (Å²) in [4.78, 5) is 4.86. The summed E-state index contributed by atoms with van der Waals surface area (Å²) in [6, 6.07) is 15.4. The van der Waals surface area contributed by atoms with Crippen molar-refractivity contribution in [3.8, 4) is 5.40 Å². The van der Waals surface area contributed by atoms with Crippen molar-refractivity contribution in [1.82, 2.24) is 0 Å². The third-order valence-corrected chi connectivity index (χ3v) is 5.76. The number of benzene rings is 2. The van der Waals surface area contributed by atoms with Crippen molar-refractivity contribution in [2.45, 2.75) is 4.90 Å². The summed E-state index contributed by atoms with van der Waals surface area (Å²) in [5, 5.41) is 23.8. The molecule has 1 heterocycles. The Kier molecular flexibility index (Phi) is 6.39. The Balaban J connectivity index is 1.71. The molecule has 5 nitrogen and oxygen atoms in total. The SMILES string of the molecule is N#CSc1ccc(N2CSSC(Nc3ccc(N=C=S)cc3)=N2)cc1. The molecule has 0 saturated heterocycles. The maximum Gasteiger partial charge on any atom is 0.196 e. The third kappa shape index (κ3) is 5.01. The second-order valence-corrected chi connectivity index (χ2v) is 7.99. The van der Waals surface area contributed by atoms with Crippen molar-refractivity contribution in [3.63, 3.8) is 0 Å². The molecule has 1 aliphatic heterocycles. The highest BCUT2D eigenvalue weighted by Crippen LogP contribution is 2.33. The minimum absolute atomic E-state index is 0.753. The zero-order valence-electron chi connectivity index (χ0n) is 12.7. The Morgan fingerprint density at radius 2 is 1.96 bits per heavy atom. The van der Waals surface area contributed by atoms with Crippen LogP contribution < -0.4 is 10.3 Å². The van der Waals surface area contributed by atoms with Gasteiger partial charge in [-0.05, 0) is 83.3 Å². The van der Waals surface area contributed by atoms with Gasteiger partial charge < -0.3 is 5.32 Å². The summed E-state index contributed by atoms with van der Waals surface area (Å²) in [7, 11) is 3.30. The van der Waals surface area contributed by atoms with E-state index in [9.17, 15) is 0 Å². The number of rotatable bonds is 4. The number of nitrogens with one attached hydrogen (secondary N) is 1. The maximum absolute atomic E-state index is 8.71. The van der Waals surface area contributed by atoms with E-state index in [1.807, 2.05) is 53.5 Å². The van der Waals surface area contributed by atoms with E-state index in [1.54, 1.807) is 21.6 Å². The number of thiocyanates is 1. The molecule has 0 aromatic heterocycles. The van der Waals surface area contributed by atoms with E-state index < -0.39 is 0 Å². The average molecular weight is 402 g/mol. The zero-order chi connectivity index (χ0) is 17.5. The summed E-state index contributed by atoms with van der Waals surface area (Å²) >= 11 is 5.75. The number of thiocarbonyl (C=S) groups is 1. The number of nitrogens with zero attached hydrogens (tertiary/aromatic N) is 4. The fraction of sp³-hybridized carbons (Fsp3) is 0.0625. The van der Waals surface area contributed by atoms with Crippen LogP contribution in [0, 0.1) is 10.7 Å². The molecule has 0 unspecified atom stereocenters. The molecule has 0 radical (unpaired) electrons. The summed E-state index contributed by atoms with van der Waals surface area (Å²) in [6.45, 7) is 0. The van der Waals surface area contributed by atoms with Crippen LogP contribution in [0.3, 0.4) is 0 Å². The molecule has 25 heavy (non-hydrogen) atoms. The van der Waals surface area contributed by atoms with E-state index in [1.165, 1.54) is 0 Å². The van der Waals surface area contributed by atoms with Gasteiger partial charge in [-0.2, -0.15) is 10.3 Å². The van der Waals surface area contributed by atoms with Crippen LogP contribution in [0.25, 0.3) is 0 Å². The Bertz CT molecular complexity index is 852. The molecule has 3 rings (SSSR count). The number of anilines is 2. The molecule has 0 atom stereocenters. The van der Waals surface area contributed by atoms with Gasteiger partial charge in [0.2, 0.25) is 0 Å². The van der Waals surface area contributed by atoms with Crippen LogP contribution in [0.1, 0.15) is 0 Å². The molecule has 2 aromatic rings. The number of isothiocyanates is 1. The number of hydrogen-bond donors (Lipinski definition) is 1. The lowest BCUT2D eigenvalue weighted by molar-refractivity contribution is 0.992. The molecule has 1 N–H and O–H groups in total. The van der Waals surface area contributed by atoms with E-state index in [4.69, 9.17) is 5.26 Å². The lowest BCUT2D eigenvalue weighted by Gasteiger charge is -2.24. The number of hydrazone groups is 1. The first kappa shape index (κ1) is 17.9. The van der Waals surface area contributed by atoms with E-state index in [0.29, 0.717) is 0 Å². The normalized spacial score (nSPS) is 13.4. The molecule has 9 heteroatoms. The molecule has 0 saturated carbocycles. The van der Waals surface area contributed by atoms with Gasteiger partial charge in [-0.3, -0.25) is 5.01 Å². The predicted octanol–water partition coefficient (Wildman–Crippen LogP) is 5.54. The smallest absolute Gasteiger partial charge is 0.196 e. The van der Waals surface area contributed by atoms with Crippen molar-refractivity contribution >= 4 is 73.0 Å². The number of amidine groups is 1. The minimum Gasteiger partial charge on any atom is -0.333 e. The first-order chi connectivity index (χ1) is 12.3. The third-order valence-electron chi connectivity index (χ3n) is 3.12. The van der Waals surface area contributed by atoms with Gasteiger partial charge in [-0.1, -0.05) is 10.8 Å². The zero-order valence-corrected chi connectivity index (χ0v) is 16.0. The molecule has 0 amide bonds. The van der Waals surface area contributed by atoms with Gasteiger partial charge in [0, 0.05) is 10.6 Å². The van der Waals surface area contributed by atoms with Gasteiger partial charge in [-0.25, -0.2) is 0 Å². The van der Waals surface area contributed by atoms with E-state index in [0.717, 1.165) is 44.8 Å². The molecular formula is C16H11N5S4. The van der Waals surface area contributed by atoms with Crippen LogP contribution in [0.5, 0.6) is 0 Å². The highest BCUT2D eigenvalue weighted by Gasteiger charge is 2.15. The van der Waals surface area contributed by atoms with Crippen molar-refractivity contribution in [2.24, 2.45) is 10.1 Å². The maximum atomic E-state index is 8.71. The predicted molar refractivity (Wildman–Crippen MR) is 113 cm³/mol. The number of aliphatic imine (C=N–C) groups is 1. The highest BCUT2D eigenvalue weighted by atomic mass is 33.1. The number of hydrogen-bond acceptors (Lipinski definition) is 9. The van der Waals surface area contributed by atoms with Crippen LogP contribution in [0.2, 0.25) is 0 Å². The molecule has 124 valence electrons. The molecule has 0 fully saturated rings. The van der Waals surface area contributed by atoms with Gasteiger partial charge in [0.15, 0.2) is 5.17 Å². The van der Waals surface area contributed by atoms with Crippen LogP contribution in [0.4, 0.5) is 17.1 Å². The number of nitriles is 1. The van der Waals surface area contributed by atoms with E-state index in [-0.39, 0.29) is 0 Å². The summed E-state index contributed by atoms with van der Waals surface area (Å²) < 4.78 is 0. The Morgan fingerprint density at radius 3 is 2.64 bits per heavy atom. The first-order valence-corrected chi connectivity index (χ1v) is 10.6. The summed E-state index contributed by atoms with van der Waals surface area (Å²) in [6.07, 6.45) is 0. The fourth-order valence-electron chi connectivity index (χ4n) is 2.00. The second-order valence-electron chi connectivity index (χ2n) is 4.70.